The molecule has 0 radical (unpaired) electrons. The van der Waals surface area contributed by atoms with Gasteiger partial charge in [-0.15, -0.1) is 10.2 Å². The number of benzene rings is 2. The van der Waals surface area contributed by atoms with Crippen molar-refractivity contribution >= 4 is 11.8 Å². The van der Waals surface area contributed by atoms with Gasteiger partial charge in [-0.2, -0.15) is 0 Å². The number of ether oxygens (including phenoxy) is 1. The molecule has 0 amide bonds. The lowest BCUT2D eigenvalue weighted by atomic mass is 10.2. The average molecular weight is 330 g/mol. The van der Waals surface area contributed by atoms with Gasteiger partial charge < -0.3 is 10.6 Å². The molecule has 0 saturated heterocycles. The molecule has 1 aromatic heterocycles. The minimum atomic E-state index is -0.307. The van der Waals surface area contributed by atoms with Crippen LogP contribution in [0.15, 0.2) is 59.8 Å². The van der Waals surface area contributed by atoms with Gasteiger partial charge in [-0.05, 0) is 29.8 Å². The first-order valence-electron chi connectivity index (χ1n) is 6.97. The summed E-state index contributed by atoms with van der Waals surface area (Å²) in [4.78, 5) is 0. The molecular weight excluding hydrogens is 315 g/mol. The molecule has 0 aliphatic carbocycles. The largest absolute Gasteiger partial charge is 0.486 e. The minimum absolute atomic E-state index is 0.168. The van der Waals surface area contributed by atoms with Crippen molar-refractivity contribution in [3.8, 4) is 5.75 Å². The Morgan fingerprint density at radius 3 is 2.52 bits per heavy atom. The van der Waals surface area contributed by atoms with Crippen LogP contribution in [0, 0.1) is 5.82 Å². The van der Waals surface area contributed by atoms with Crippen molar-refractivity contribution < 1.29 is 9.13 Å². The summed E-state index contributed by atoms with van der Waals surface area (Å²) in [5.41, 5.74) is 1.18. The summed E-state index contributed by atoms with van der Waals surface area (Å²) in [6.45, 7) is 0.168. The third kappa shape index (κ3) is 4.01. The van der Waals surface area contributed by atoms with E-state index in [1.165, 1.54) is 34.1 Å². The molecule has 23 heavy (non-hydrogen) atoms. The number of thioether (sulfide) groups is 1. The normalized spacial score (nSPS) is 10.7. The van der Waals surface area contributed by atoms with E-state index in [2.05, 4.69) is 10.2 Å². The second-order valence-corrected chi connectivity index (χ2v) is 5.73. The van der Waals surface area contributed by atoms with Gasteiger partial charge in [-0.3, -0.25) is 0 Å². The number of hydrogen-bond acceptors (Lipinski definition) is 5. The lowest BCUT2D eigenvalue weighted by Crippen LogP contribution is -2.15. The average Bonchev–Trinajstić information content (AvgIpc) is 2.93. The molecule has 0 fully saturated rings. The lowest BCUT2D eigenvalue weighted by Gasteiger charge is -2.06. The van der Waals surface area contributed by atoms with E-state index in [0.717, 1.165) is 5.75 Å². The summed E-state index contributed by atoms with van der Waals surface area (Å²) in [5, 5.41) is 8.71. The van der Waals surface area contributed by atoms with Gasteiger partial charge in [0.25, 0.3) is 0 Å². The standard InChI is InChI=1S/C16H15FN4OS/c17-13-6-8-14(9-7-13)22-10-15-19-20-16(21(15)18)23-11-12-4-2-1-3-5-12/h1-9H,10-11,18H2. The van der Waals surface area contributed by atoms with Crippen LogP contribution in [-0.4, -0.2) is 14.9 Å². The molecule has 3 aromatic rings. The number of nitrogen functional groups attached to an aromatic ring is 1. The zero-order valence-electron chi connectivity index (χ0n) is 12.2. The van der Waals surface area contributed by atoms with Crippen LogP contribution in [0.2, 0.25) is 0 Å². The summed E-state index contributed by atoms with van der Waals surface area (Å²) >= 11 is 1.50. The van der Waals surface area contributed by atoms with Crippen LogP contribution in [0.1, 0.15) is 11.4 Å². The first-order chi connectivity index (χ1) is 11.2. The van der Waals surface area contributed by atoms with Gasteiger partial charge in [0.1, 0.15) is 18.2 Å². The summed E-state index contributed by atoms with van der Waals surface area (Å²) in [7, 11) is 0. The summed E-state index contributed by atoms with van der Waals surface area (Å²) in [6, 6.07) is 15.8. The Kier molecular flexibility index (Phi) is 4.77. The van der Waals surface area contributed by atoms with E-state index in [0.29, 0.717) is 16.7 Å². The van der Waals surface area contributed by atoms with E-state index >= 15 is 0 Å². The van der Waals surface area contributed by atoms with Gasteiger partial charge in [0.15, 0.2) is 5.82 Å². The highest BCUT2D eigenvalue weighted by Crippen LogP contribution is 2.20. The van der Waals surface area contributed by atoms with Crippen LogP contribution in [-0.2, 0) is 12.4 Å². The predicted octanol–water partition coefficient (Wildman–Crippen LogP) is 3.00. The van der Waals surface area contributed by atoms with E-state index < -0.39 is 0 Å². The van der Waals surface area contributed by atoms with Crippen molar-refractivity contribution in [3.05, 3.63) is 71.8 Å². The Balaban J connectivity index is 1.59. The van der Waals surface area contributed by atoms with Crippen LogP contribution in [0.25, 0.3) is 0 Å². The van der Waals surface area contributed by atoms with Gasteiger partial charge in [0.05, 0.1) is 0 Å². The Labute approximate surface area is 137 Å². The van der Waals surface area contributed by atoms with Gasteiger partial charge in [0.2, 0.25) is 5.16 Å². The van der Waals surface area contributed by atoms with E-state index in [9.17, 15) is 4.39 Å². The Hall–Kier alpha value is -2.54. The topological polar surface area (TPSA) is 66.0 Å². The molecule has 7 heteroatoms. The molecule has 1 heterocycles. The lowest BCUT2D eigenvalue weighted by molar-refractivity contribution is 0.291. The van der Waals surface area contributed by atoms with Crippen molar-refractivity contribution in [3.63, 3.8) is 0 Å². The van der Waals surface area contributed by atoms with Gasteiger partial charge in [-0.25, -0.2) is 9.07 Å². The molecule has 3 rings (SSSR count). The highest BCUT2D eigenvalue weighted by atomic mass is 32.2. The SMILES string of the molecule is Nn1c(COc2ccc(F)cc2)nnc1SCc1ccccc1. The zero-order chi connectivity index (χ0) is 16.1. The number of aromatic nitrogens is 3. The zero-order valence-corrected chi connectivity index (χ0v) is 13.0. The van der Waals surface area contributed by atoms with Gasteiger partial charge >= 0.3 is 0 Å². The second kappa shape index (κ2) is 7.15. The van der Waals surface area contributed by atoms with Crippen LogP contribution in [0.5, 0.6) is 5.75 Å². The van der Waals surface area contributed by atoms with Crippen molar-refractivity contribution in [2.24, 2.45) is 0 Å². The maximum absolute atomic E-state index is 12.8. The second-order valence-electron chi connectivity index (χ2n) is 4.79. The Bertz CT molecular complexity index is 762. The number of nitrogens with two attached hydrogens (primary N) is 1. The smallest absolute Gasteiger partial charge is 0.210 e. The van der Waals surface area contributed by atoms with Gasteiger partial charge in [0, 0.05) is 5.75 Å². The first-order valence-corrected chi connectivity index (χ1v) is 7.95. The quantitative estimate of drug-likeness (QED) is 0.556. The molecule has 0 unspecified atom stereocenters. The molecule has 0 atom stereocenters. The fourth-order valence-corrected chi connectivity index (χ4v) is 2.74. The van der Waals surface area contributed by atoms with Crippen molar-refractivity contribution in [1.82, 2.24) is 14.9 Å². The maximum Gasteiger partial charge on any atom is 0.210 e. The van der Waals surface area contributed by atoms with Gasteiger partial charge in [-0.1, -0.05) is 42.1 Å². The van der Waals surface area contributed by atoms with Crippen LogP contribution < -0.4 is 10.6 Å². The Morgan fingerprint density at radius 1 is 1.04 bits per heavy atom. The highest BCUT2D eigenvalue weighted by molar-refractivity contribution is 7.98. The molecule has 2 aromatic carbocycles. The van der Waals surface area contributed by atoms with E-state index in [4.69, 9.17) is 10.6 Å². The minimum Gasteiger partial charge on any atom is -0.486 e. The van der Waals surface area contributed by atoms with E-state index in [-0.39, 0.29) is 12.4 Å². The first kappa shape index (κ1) is 15.4. The maximum atomic E-state index is 12.8. The molecule has 2 N–H and O–H groups in total. The van der Waals surface area contributed by atoms with Crippen molar-refractivity contribution in [2.45, 2.75) is 17.5 Å². The van der Waals surface area contributed by atoms with E-state index in [1.54, 1.807) is 12.1 Å². The summed E-state index contributed by atoms with van der Waals surface area (Å²) in [5.74, 6) is 7.49. The van der Waals surface area contributed by atoms with E-state index in [1.807, 2.05) is 30.3 Å². The number of halogens is 1. The van der Waals surface area contributed by atoms with Crippen molar-refractivity contribution in [2.75, 3.05) is 5.84 Å². The molecule has 118 valence electrons. The summed E-state index contributed by atoms with van der Waals surface area (Å²) < 4.78 is 19.8. The molecule has 0 aliphatic rings. The third-order valence-electron chi connectivity index (χ3n) is 3.13. The predicted molar refractivity (Wildman–Crippen MR) is 86.9 cm³/mol. The molecule has 0 saturated carbocycles. The molecular formula is C16H15FN4OS. The van der Waals surface area contributed by atoms with Crippen LogP contribution in [0.4, 0.5) is 4.39 Å². The van der Waals surface area contributed by atoms with Crippen molar-refractivity contribution in [1.29, 1.82) is 0 Å². The molecule has 0 bridgehead atoms. The molecule has 0 aliphatic heterocycles. The van der Waals surface area contributed by atoms with Crippen LogP contribution >= 0.6 is 11.8 Å². The fraction of sp³-hybridized carbons (Fsp3) is 0.125. The number of hydrogen-bond donors (Lipinski definition) is 1. The summed E-state index contributed by atoms with van der Waals surface area (Å²) in [6.07, 6.45) is 0. The number of nitrogens with zero attached hydrogens (tertiary/aromatic N) is 3. The fourth-order valence-electron chi connectivity index (χ4n) is 1.90. The third-order valence-corrected chi connectivity index (χ3v) is 4.14. The monoisotopic (exact) mass is 330 g/mol. The Morgan fingerprint density at radius 2 is 1.78 bits per heavy atom. The highest BCUT2D eigenvalue weighted by Gasteiger charge is 2.11. The molecule has 5 nitrogen and oxygen atoms in total. The van der Waals surface area contributed by atoms with Crippen LogP contribution in [0.3, 0.4) is 0 Å². The molecule has 0 spiro atoms. The number of rotatable bonds is 6.